The first-order valence-corrected chi connectivity index (χ1v) is 12.4. The second kappa shape index (κ2) is 13.8. The number of halogens is 2. The molecule has 7 nitrogen and oxygen atoms in total. The standard InChI is InChI=1S/C27H34F2N2O5/c1-2-35-25(26(32)33)17-20-7-10-22(11-8-20)36-16-15-31(14-13-19-5-3-4-6-19)27(34)30-24-12-9-21(28)18-23(24)29/h7-12,18-19,25H,2-6,13-17H2,1H3,(H,30,34)(H,32,33). The molecule has 1 atom stereocenters. The Morgan fingerprint density at radius 3 is 2.47 bits per heavy atom. The molecule has 9 heteroatoms. The zero-order valence-electron chi connectivity index (χ0n) is 20.6. The first-order chi connectivity index (χ1) is 17.4. The number of hydrogen-bond acceptors (Lipinski definition) is 4. The first kappa shape index (κ1) is 27.4. The molecule has 0 aromatic heterocycles. The molecule has 2 N–H and O–H groups in total. The number of anilines is 1. The fourth-order valence-electron chi connectivity index (χ4n) is 4.37. The number of amides is 2. The van der Waals surface area contributed by atoms with Gasteiger partial charge in [-0.3, -0.25) is 0 Å². The molecule has 2 aromatic carbocycles. The third-order valence-corrected chi connectivity index (χ3v) is 6.36. The van der Waals surface area contributed by atoms with Gasteiger partial charge in [0.05, 0.1) is 12.2 Å². The third kappa shape index (κ3) is 8.48. The molecule has 0 heterocycles. The van der Waals surface area contributed by atoms with Gasteiger partial charge >= 0.3 is 12.0 Å². The first-order valence-electron chi connectivity index (χ1n) is 12.4. The Hall–Kier alpha value is -3.20. The minimum atomic E-state index is -1.01. The lowest BCUT2D eigenvalue weighted by Gasteiger charge is -2.25. The topological polar surface area (TPSA) is 88.1 Å². The number of nitrogens with zero attached hydrogens (tertiary/aromatic N) is 1. The van der Waals surface area contributed by atoms with Gasteiger partial charge in [0.25, 0.3) is 0 Å². The van der Waals surface area contributed by atoms with Crippen LogP contribution in [0.25, 0.3) is 0 Å². The minimum absolute atomic E-state index is 0.0736. The highest BCUT2D eigenvalue weighted by molar-refractivity contribution is 5.89. The number of rotatable bonds is 13. The van der Waals surface area contributed by atoms with Crippen LogP contribution in [0.15, 0.2) is 42.5 Å². The third-order valence-electron chi connectivity index (χ3n) is 6.36. The molecule has 3 rings (SSSR count). The fraction of sp³-hybridized carbons (Fsp3) is 0.481. The number of aliphatic carboxylic acids is 1. The highest BCUT2D eigenvalue weighted by Crippen LogP contribution is 2.28. The maximum atomic E-state index is 14.0. The Bertz CT molecular complexity index is 996. The molecule has 0 bridgehead atoms. The Morgan fingerprint density at radius 2 is 1.83 bits per heavy atom. The van der Waals surface area contributed by atoms with E-state index < -0.39 is 29.7 Å². The van der Waals surface area contributed by atoms with E-state index in [1.54, 1.807) is 36.1 Å². The predicted octanol–water partition coefficient (Wildman–Crippen LogP) is 5.49. The van der Waals surface area contributed by atoms with Crippen LogP contribution in [0.4, 0.5) is 19.3 Å². The van der Waals surface area contributed by atoms with Crippen LogP contribution in [0.1, 0.15) is 44.6 Å². The number of urea groups is 1. The summed E-state index contributed by atoms with van der Waals surface area (Å²) in [6, 6.07) is 9.63. The van der Waals surface area contributed by atoms with Crippen LogP contribution in [0.2, 0.25) is 0 Å². The van der Waals surface area contributed by atoms with Crippen molar-refractivity contribution < 1.29 is 33.0 Å². The molecule has 2 amide bonds. The smallest absolute Gasteiger partial charge is 0.333 e. The monoisotopic (exact) mass is 504 g/mol. The fourth-order valence-corrected chi connectivity index (χ4v) is 4.37. The summed E-state index contributed by atoms with van der Waals surface area (Å²) in [5.41, 5.74) is 0.734. The van der Waals surface area contributed by atoms with Crippen molar-refractivity contribution in [3.63, 3.8) is 0 Å². The number of carboxylic acid groups (broad SMARTS) is 1. The van der Waals surface area contributed by atoms with Gasteiger partial charge in [-0.1, -0.05) is 37.8 Å². The highest BCUT2D eigenvalue weighted by atomic mass is 19.1. The van der Waals surface area contributed by atoms with Crippen LogP contribution in [-0.2, 0) is 16.0 Å². The van der Waals surface area contributed by atoms with Crippen molar-refractivity contribution in [2.24, 2.45) is 5.92 Å². The molecular formula is C27H34F2N2O5. The molecule has 2 aromatic rings. The van der Waals surface area contributed by atoms with Crippen molar-refractivity contribution >= 4 is 17.7 Å². The van der Waals surface area contributed by atoms with Gasteiger partial charge in [0.2, 0.25) is 0 Å². The van der Waals surface area contributed by atoms with Crippen molar-refractivity contribution in [3.05, 3.63) is 59.7 Å². The molecule has 1 aliphatic carbocycles. The number of hydrogen-bond donors (Lipinski definition) is 2. The van der Waals surface area contributed by atoms with Gasteiger partial charge in [-0.05, 0) is 49.1 Å². The molecule has 0 spiro atoms. The molecule has 0 radical (unpaired) electrons. The van der Waals surface area contributed by atoms with Crippen LogP contribution in [0.3, 0.4) is 0 Å². The van der Waals surface area contributed by atoms with Crippen molar-refractivity contribution in [1.82, 2.24) is 4.90 Å². The van der Waals surface area contributed by atoms with Crippen molar-refractivity contribution in [3.8, 4) is 5.75 Å². The van der Waals surface area contributed by atoms with Crippen LogP contribution in [0.5, 0.6) is 5.75 Å². The average Bonchev–Trinajstić information content (AvgIpc) is 3.37. The molecule has 196 valence electrons. The van der Waals surface area contributed by atoms with Crippen molar-refractivity contribution in [2.45, 2.75) is 51.6 Å². The maximum Gasteiger partial charge on any atom is 0.333 e. The normalized spacial score (nSPS) is 14.4. The summed E-state index contributed by atoms with van der Waals surface area (Å²) in [4.78, 5) is 25.8. The lowest BCUT2D eigenvalue weighted by molar-refractivity contribution is -0.149. The number of nitrogens with one attached hydrogen (secondary N) is 1. The van der Waals surface area contributed by atoms with Gasteiger partial charge in [-0.25, -0.2) is 18.4 Å². The van der Waals surface area contributed by atoms with Gasteiger partial charge < -0.3 is 24.8 Å². The number of carboxylic acids is 1. The molecule has 0 aliphatic heterocycles. The van der Waals surface area contributed by atoms with Gasteiger partial charge in [0.15, 0.2) is 6.10 Å². The summed E-state index contributed by atoms with van der Waals surface area (Å²) in [6.45, 7) is 3.08. The largest absolute Gasteiger partial charge is 0.492 e. The zero-order chi connectivity index (χ0) is 25.9. The Kier molecular flexibility index (Phi) is 10.5. The number of ether oxygens (including phenoxy) is 2. The van der Waals surface area contributed by atoms with Crippen molar-refractivity contribution in [1.29, 1.82) is 0 Å². The number of carbonyl (C=O) groups excluding carboxylic acids is 1. The lowest BCUT2D eigenvalue weighted by Crippen LogP contribution is -2.39. The second-order valence-electron chi connectivity index (χ2n) is 8.96. The summed E-state index contributed by atoms with van der Waals surface area (Å²) >= 11 is 0. The van der Waals surface area contributed by atoms with E-state index >= 15 is 0 Å². The average molecular weight is 505 g/mol. The summed E-state index contributed by atoms with van der Waals surface area (Å²) < 4.78 is 38.3. The summed E-state index contributed by atoms with van der Waals surface area (Å²) in [7, 11) is 0. The maximum absolute atomic E-state index is 14.0. The van der Waals surface area contributed by atoms with Crippen LogP contribution in [0, 0.1) is 17.6 Å². The van der Waals surface area contributed by atoms with E-state index in [1.807, 2.05) is 0 Å². The van der Waals surface area contributed by atoms with Gasteiger partial charge in [0, 0.05) is 25.6 Å². The molecule has 1 unspecified atom stereocenters. The van der Waals surface area contributed by atoms with Crippen LogP contribution >= 0.6 is 0 Å². The zero-order valence-corrected chi connectivity index (χ0v) is 20.6. The second-order valence-corrected chi connectivity index (χ2v) is 8.96. The molecule has 1 fully saturated rings. The van der Waals surface area contributed by atoms with Gasteiger partial charge in [0.1, 0.15) is 24.0 Å². The summed E-state index contributed by atoms with van der Waals surface area (Å²) in [5, 5.41) is 11.8. The minimum Gasteiger partial charge on any atom is -0.492 e. The highest BCUT2D eigenvalue weighted by Gasteiger charge is 2.21. The Morgan fingerprint density at radius 1 is 1.11 bits per heavy atom. The van der Waals surface area contributed by atoms with Crippen LogP contribution < -0.4 is 10.1 Å². The number of benzene rings is 2. The Labute approximate surface area is 210 Å². The van der Waals surface area contributed by atoms with Gasteiger partial charge in [-0.15, -0.1) is 0 Å². The van der Waals surface area contributed by atoms with E-state index in [0.717, 1.165) is 37.0 Å². The molecule has 36 heavy (non-hydrogen) atoms. The molecule has 0 saturated heterocycles. The van der Waals surface area contributed by atoms with E-state index in [4.69, 9.17) is 9.47 Å². The summed E-state index contributed by atoms with van der Waals surface area (Å²) in [6.07, 6.45) is 4.91. The van der Waals surface area contributed by atoms with E-state index in [-0.39, 0.29) is 25.3 Å². The van der Waals surface area contributed by atoms with E-state index in [1.165, 1.54) is 18.9 Å². The summed E-state index contributed by atoms with van der Waals surface area (Å²) in [5.74, 6) is -1.39. The van der Waals surface area contributed by atoms with E-state index in [2.05, 4.69) is 5.32 Å². The Balaban J connectivity index is 1.55. The quantitative estimate of drug-likeness (QED) is 0.377. The van der Waals surface area contributed by atoms with Crippen LogP contribution in [-0.4, -0.2) is 54.4 Å². The lowest BCUT2D eigenvalue weighted by atomic mass is 10.0. The van der Waals surface area contributed by atoms with Gasteiger partial charge in [-0.2, -0.15) is 0 Å². The predicted molar refractivity (Wildman–Crippen MR) is 132 cm³/mol. The molecule has 1 aliphatic rings. The van der Waals surface area contributed by atoms with E-state index in [9.17, 15) is 23.5 Å². The van der Waals surface area contributed by atoms with E-state index in [0.29, 0.717) is 24.8 Å². The number of carbonyl (C=O) groups is 2. The molecular weight excluding hydrogens is 470 g/mol. The molecule has 1 saturated carbocycles. The SMILES string of the molecule is CCOC(Cc1ccc(OCCN(CCC2CCCC2)C(=O)Nc2ccc(F)cc2F)cc1)C(=O)O. The van der Waals surface area contributed by atoms with Crippen molar-refractivity contribution in [2.75, 3.05) is 31.6 Å².